The van der Waals surface area contributed by atoms with Gasteiger partial charge < -0.3 is 5.32 Å². The van der Waals surface area contributed by atoms with Gasteiger partial charge in [0.15, 0.2) is 11.6 Å². The monoisotopic (exact) mass is 237 g/mol. The molecule has 0 aliphatic carbocycles. The van der Waals surface area contributed by atoms with Crippen LogP contribution in [-0.4, -0.2) is 25.5 Å². The Kier molecular flexibility index (Phi) is 4.37. The summed E-state index contributed by atoms with van der Waals surface area (Å²) in [6.07, 6.45) is -0.00699. The van der Waals surface area contributed by atoms with Gasteiger partial charge in [-0.3, -0.25) is 9.59 Å². The van der Waals surface area contributed by atoms with Gasteiger partial charge >= 0.3 is 0 Å². The van der Waals surface area contributed by atoms with Crippen molar-refractivity contribution in [1.82, 2.24) is 5.32 Å². The van der Waals surface area contributed by atoms with Crippen molar-refractivity contribution < 1.29 is 18.4 Å². The fraction of sp³-hybridized carbons (Fsp3) is 0.273. The van der Waals surface area contributed by atoms with Gasteiger partial charge in [0.1, 0.15) is 11.6 Å². The molecule has 0 bridgehead atoms. The molecule has 3 nitrogen and oxygen atoms in total. The first-order chi connectivity index (χ1) is 7.88. The van der Waals surface area contributed by atoms with Gasteiger partial charge in [0.05, 0.1) is 6.04 Å². The van der Waals surface area contributed by atoms with Crippen molar-refractivity contribution in [2.24, 2.45) is 0 Å². The van der Waals surface area contributed by atoms with E-state index in [4.69, 9.17) is 7.85 Å². The molecule has 0 heterocycles. The molecule has 0 saturated carbocycles. The molecular formula is C11H10BF2NO2. The summed E-state index contributed by atoms with van der Waals surface area (Å²) in [6, 6.07) is 2.05. The van der Waals surface area contributed by atoms with Gasteiger partial charge in [-0.15, -0.1) is 0 Å². The van der Waals surface area contributed by atoms with Gasteiger partial charge in [0.2, 0.25) is 7.85 Å². The van der Waals surface area contributed by atoms with Crippen LogP contribution in [0.25, 0.3) is 0 Å². The van der Waals surface area contributed by atoms with Crippen LogP contribution in [0.5, 0.6) is 0 Å². The molecule has 1 aromatic carbocycles. The third-order valence-electron chi connectivity index (χ3n) is 2.17. The van der Waals surface area contributed by atoms with E-state index < -0.39 is 23.5 Å². The normalized spacial score (nSPS) is 11.9. The molecule has 1 aromatic rings. The molecule has 1 N–H and O–H groups in total. The van der Waals surface area contributed by atoms with Gasteiger partial charge in [-0.1, -0.05) is 0 Å². The van der Waals surface area contributed by atoms with Gasteiger partial charge in [-0.25, -0.2) is 8.78 Å². The first kappa shape index (κ1) is 13.4. The fourth-order valence-electron chi connectivity index (χ4n) is 1.43. The smallest absolute Gasteiger partial charge is 0.200 e. The molecule has 0 aliphatic rings. The molecule has 1 rings (SSSR count). The highest BCUT2D eigenvalue weighted by atomic mass is 19.1. The topological polar surface area (TPSA) is 46.2 Å². The average Bonchev–Trinajstić information content (AvgIpc) is 2.13. The molecular weight excluding hydrogens is 227 g/mol. The lowest BCUT2D eigenvalue weighted by Crippen LogP contribution is -2.40. The number of Topliss-reactive ketones (excluding diaryl/α,β-unsaturated/α-hetero) is 1. The van der Waals surface area contributed by atoms with E-state index in [2.05, 4.69) is 5.32 Å². The SMILES string of the molecule is [B]C(=O)N[C@@H](Cc1cc(F)cc(F)c1)C(C)=O. The van der Waals surface area contributed by atoms with E-state index in [-0.39, 0.29) is 17.8 Å². The number of carbonyl (C=O) groups is 2. The minimum absolute atomic E-state index is 0.00699. The minimum atomic E-state index is -0.881. The molecule has 2 radical (unpaired) electrons. The van der Waals surface area contributed by atoms with Crippen molar-refractivity contribution in [2.45, 2.75) is 19.4 Å². The summed E-state index contributed by atoms with van der Waals surface area (Å²) in [6.45, 7) is 1.26. The van der Waals surface area contributed by atoms with E-state index in [9.17, 15) is 18.4 Å². The summed E-state index contributed by atoms with van der Waals surface area (Å²) in [5.74, 6) is -2.67. The lowest BCUT2D eigenvalue weighted by molar-refractivity contribution is -0.118. The van der Waals surface area contributed by atoms with E-state index in [0.717, 1.165) is 18.2 Å². The molecule has 6 heteroatoms. The molecule has 0 fully saturated rings. The standard InChI is InChI=1S/C11H10BF2NO2/c1-6(16)10(15-11(12)17)4-7-2-8(13)5-9(14)3-7/h2-3,5,10H,4H2,1H3,(H,15,17)/t10-/m0/s1. The predicted molar refractivity (Wildman–Crippen MR) is 58.8 cm³/mol. The van der Waals surface area contributed by atoms with E-state index >= 15 is 0 Å². The number of hydrogen-bond acceptors (Lipinski definition) is 2. The first-order valence-corrected chi connectivity index (χ1v) is 4.90. The molecule has 0 spiro atoms. The van der Waals surface area contributed by atoms with Crippen molar-refractivity contribution in [3.05, 3.63) is 35.4 Å². The van der Waals surface area contributed by atoms with E-state index in [0.29, 0.717) is 0 Å². The third kappa shape index (κ3) is 4.34. The molecule has 1 atom stereocenters. The maximum Gasteiger partial charge on any atom is 0.200 e. The van der Waals surface area contributed by atoms with Crippen LogP contribution in [-0.2, 0) is 11.2 Å². The summed E-state index contributed by atoms with van der Waals surface area (Å²) in [5.41, 5.74) is 0.274. The molecule has 1 amide bonds. The quantitative estimate of drug-likeness (QED) is 0.803. The van der Waals surface area contributed by atoms with Crippen LogP contribution in [0.3, 0.4) is 0 Å². The largest absolute Gasteiger partial charge is 0.356 e. The van der Waals surface area contributed by atoms with E-state index in [1.54, 1.807) is 0 Å². The number of benzene rings is 1. The maximum absolute atomic E-state index is 12.9. The highest BCUT2D eigenvalue weighted by Crippen LogP contribution is 2.10. The van der Waals surface area contributed by atoms with Gasteiger partial charge in [-0.2, -0.15) is 0 Å². The van der Waals surface area contributed by atoms with Crippen molar-refractivity contribution in [3.8, 4) is 0 Å². The molecule has 0 aliphatic heterocycles. The molecule has 0 unspecified atom stereocenters. The average molecular weight is 237 g/mol. The second-order valence-corrected chi connectivity index (χ2v) is 3.65. The Morgan fingerprint density at radius 3 is 2.24 bits per heavy atom. The number of hydrogen-bond donors (Lipinski definition) is 1. The summed E-state index contributed by atoms with van der Waals surface area (Å²) < 4.78 is 25.8. The number of rotatable bonds is 4. The number of carbonyl (C=O) groups excluding carboxylic acids is 2. The summed E-state index contributed by atoms with van der Waals surface area (Å²) in [4.78, 5) is 21.8. The van der Waals surface area contributed by atoms with Crippen molar-refractivity contribution in [1.29, 1.82) is 0 Å². The van der Waals surface area contributed by atoms with Crippen LogP contribution in [0.4, 0.5) is 13.6 Å². The zero-order valence-electron chi connectivity index (χ0n) is 9.17. The Morgan fingerprint density at radius 2 is 1.82 bits per heavy atom. The Bertz CT molecular complexity index is 431. The second-order valence-electron chi connectivity index (χ2n) is 3.65. The van der Waals surface area contributed by atoms with Gasteiger partial charge in [0.25, 0.3) is 0 Å². The highest BCUT2D eigenvalue weighted by Gasteiger charge is 2.16. The number of ketones is 1. The Labute approximate surface area is 98.6 Å². The lowest BCUT2D eigenvalue weighted by atomic mass is 10.0. The van der Waals surface area contributed by atoms with Crippen LogP contribution in [0.1, 0.15) is 12.5 Å². The highest BCUT2D eigenvalue weighted by molar-refractivity contribution is 6.57. The zero-order chi connectivity index (χ0) is 13.0. The Morgan fingerprint density at radius 1 is 1.29 bits per heavy atom. The van der Waals surface area contributed by atoms with Crippen molar-refractivity contribution in [3.63, 3.8) is 0 Å². The van der Waals surface area contributed by atoms with Crippen molar-refractivity contribution in [2.75, 3.05) is 0 Å². The van der Waals surface area contributed by atoms with Crippen molar-refractivity contribution >= 4 is 19.4 Å². The van der Waals surface area contributed by atoms with Crippen LogP contribution in [0.2, 0.25) is 0 Å². The van der Waals surface area contributed by atoms with Crippen LogP contribution < -0.4 is 5.32 Å². The molecule has 0 aromatic heterocycles. The van der Waals surface area contributed by atoms with Gasteiger partial charge in [-0.05, 0) is 31.0 Å². The zero-order valence-corrected chi connectivity index (χ0v) is 9.17. The maximum atomic E-state index is 12.9. The van der Waals surface area contributed by atoms with Crippen LogP contribution in [0.15, 0.2) is 18.2 Å². The molecule has 0 saturated heterocycles. The molecule has 88 valence electrons. The first-order valence-electron chi connectivity index (χ1n) is 4.90. The lowest BCUT2D eigenvalue weighted by Gasteiger charge is -2.15. The summed E-state index contributed by atoms with van der Waals surface area (Å²) in [7, 11) is 4.89. The second kappa shape index (κ2) is 5.56. The van der Waals surface area contributed by atoms with Gasteiger partial charge in [0, 0.05) is 6.07 Å². The minimum Gasteiger partial charge on any atom is -0.356 e. The summed E-state index contributed by atoms with van der Waals surface area (Å²) >= 11 is 0. The third-order valence-corrected chi connectivity index (χ3v) is 2.17. The number of halogens is 2. The van der Waals surface area contributed by atoms with E-state index in [1.165, 1.54) is 6.92 Å². The predicted octanol–water partition coefficient (Wildman–Crippen LogP) is 1.34. The van der Waals surface area contributed by atoms with Crippen LogP contribution in [0, 0.1) is 11.6 Å². The van der Waals surface area contributed by atoms with Crippen LogP contribution >= 0.6 is 0 Å². The Balaban J connectivity index is 2.85. The number of amides is 1. The Hall–Kier alpha value is -1.72. The van der Waals surface area contributed by atoms with E-state index in [1.807, 2.05) is 0 Å². The molecule has 17 heavy (non-hydrogen) atoms. The summed E-state index contributed by atoms with van der Waals surface area (Å²) in [5, 5.41) is 2.21. The number of nitrogens with one attached hydrogen (secondary N) is 1. The fourth-order valence-corrected chi connectivity index (χ4v) is 1.43.